The van der Waals surface area contributed by atoms with E-state index in [0.717, 1.165) is 45.5 Å². The SMILES string of the molecule is CC(C)CN1C[C@@H](CN2CCCC2)C[C@@H](C(=O)NC[C@@H]2CCCO2)C1. The fourth-order valence-corrected chi connectivity index (χ4v) is 4.78. The minimum absolute atomic E-state index is 0.140. The Kier molecular flexibility index (Phi) is 7.14. The molecule has 3 saturated heterocycles. The monoisotopic (exact) mass is 351 g/mol. The molecule has 0 unspecified atom stereocenters. The number of ether oxygens (including phenoxy) is 1. The second-order valence-electron chi connectivity index (χ2n) is 8.80. The molecule has 3 fully saturated rings. The lowest BCUT2D eigenvalue weighted by Crippen LogP contribution is -2.50. The van der Waals surface area contributed by atoms with Crippen LogP contribution in [0.5, 0.6) is 0 Å². The largest absolute Gasteiger partial charge is 0.376 e. The number of nitrogens with one attached hydrogen (secondary N) is 1. The normalized spacial score (nSPS) is 31.7. The Labute approximate surface area is 153 Å². The van der Waals surface area contributed by atoms with Gasteiger partial charge in [-0.15, -0.1) is 0 Å². The first-order valence-corrected chi connectivity index (χ1v) is 10.4. The molecule has 3 heterocycles. The molecular formula is C20H37N3O2. The summed E-state index contributed by atoms with van der Waals surface area (Å²) in [6.07, 6.45) is 6.18. The zero-order valence-corrected chi connectivity index (χ0v) is 16.2. The van der Waals surface area contributed by atoms with Crippen LogP contribution in [0.1, 0.15) is 46.0 Å². The highest BCUT2D eigenvalue weighted by molar-refractivity contribution is 5.79. The highest BCUT2D eigenvalue weighted by Gasteiger charge is 2.33. The van der Waals surface area contributed by atoms with E-state index in [1.165, 1.54) is 32.5 Å². The van der Waals surface area contributed by atoms with Crippen LogP contribution in [0, 0.1) is 17.8 Å². The molecule has 144 valence electrons. The maximum absolute atomic E-state index is 12.8. The van der Waals surface area contributed by atoms with E-state index < -0.39 is 0 Å². The molecule has 0 bridgehead atoms. The van der Waals surface area contributed by atoms with Crippen molar-refractivity contribution in [3.8, 4) is 0 Å². The van der Waals surface area contributed by atoms with E-state index in [-0.39, 0.29) is 17.9 Å². The number of hydrogen-bond acceptors (Lipinski definition) is 4. The van der Waals surface area contributed by atoms with Gasteiger partial charge in [-0.2, -0.15) is 0 Å². The van der Waals surface area contributed by atoms with Gasteiger partial charge in [-0.25, -0.2) is 0 Å². The molecule has 0 aromatic carbocycles. The summed E-state index contributed by atoms with van der Waals surface area (Å²) in [5.41, 5.74) is 0. The average Bonchev–Trinajstić information content (AvgIpc) is 3.25. The lowest BCUT2D eigenvalue weighted by Gasteiger charge is -2.39. The van der Waals surface area contributed by atoms with Crippen LogP contribution >= 0.6 is 0 Å². The lowest BCUT2D eigenvalue weighted by atomic mass is 9.87. The van der Waals surface area contributed by atoms with Gasteiger partial charge in [0.25, 0.3) is 0 Å². The molecule has 3 aliphatic rings. The maximum atomic E-state index is 12.8. The summed E-state index contributed by atoms with van der Waals surface area (Å²) in [6, 6.07) is 0. The highest BCUT2D eigenvalue weighted by atomic mass is 16.5. The Morgan fingerprint density at radius 3 is 2.64 bits per heavy atom. The van der Waals surface area contributed by atoms with E-state index in [0.29, 0.717) is 18.4 Å². The van der Waals surface area contributed by atoms with Crippen LogP contribution in [0.2, 0.25) is 0 Å². The number of likely N-dealkylation sites (tertiary alicyclic amines) is 2. The van der Waals surface area contributed by atoms with E-state index in [1.54, 1.807) is 0 Å². The summed E-state index contributed by atoms with van der Waals surface area (Å²) in [5.74, 6) is 1.67. The summed E-state index contributed by atoms with van der Waals surface area (Å²) in [4.78, 5) is 17.9. The third-order valence-electron chi connectivity index (χ3n) is 5.85. The lowest BCUT2D eigenvalue weighted by molar-refractivity contribution is -0.128. The number of nitrogens with zero attached hydrogens (tertiary/aromatic N) is 2. The maximum Gasteiger partial charge on any atom is 0.224 e. The van der Waals surface area contributed by atoms with Crippen LogP contribution in [-0.4, -0.2) is 74.2 Å². The number of hydrogen-bond donors (Lipinski definition) is 1. The molecule has 0 aromatic rings. The van der Waals surface area contributed by atoms with E-state index in [9.17, 15) is 4.79 Å². The van der Waals surface area contributed by atoms with Crippen molar-refractivity contribution in [3.63, 3.8) is 0 Å². The van der Waals surface area contributed by atoms with Crippen molar-refractivity contribution in [2.45, 2.75) is 52.1 Å². The van der Waals surface area contributed by atoms with Gasteiger partial charge < -0.3 is 19.9 Å². The molecular weight excluding hydrogens is 314 g/mol. The van der Waals surface area contributed by atoms with Crippen LogP contribution in [0.25, 0.3) is 0 Å². The molecule has 3 rings (SSSR count). The topological polar surface area (TPSA) is 44.8 Å². The minimum atomic E-state index is 0.140. The molecule has 3 aliphatic heterocycles. The van der Waals surface area contributed by atoms with Gasteiger partial charge in [0.15, 0.2) is 0 Å². The molecule has 5 nitrogen and oxygen atoms in total. The molecule has 0 radical (unpaired) electrons. The third kappa shape index (κ3) is 5.93. The molecule has 0 saturated carbocycles. The summed E-state index contributed by atoms with van der Waals surface area (Å²) >= 11 is 0. The Morgan fingerprint density at radius 1 is 1.16 bits per heavy atom. The molecule has 5 heteroatoms. The second kappa shape index (κ2) is 9.33. The van der Waals surface area contributed by atoms with Gasteiger partial charge in [-0.1, -0.05) is 13.8 Å². The Hall–Kier alpha value is -0.650. The fraction of sp³-hybridized carbons (Fsp3) is 0.950. The van der Waals surface area contributed by atoms with Crippen LogP contribution in [-0.2, 0) is 9.53 Å². The van der Waals surface area contributed by atoms with E-state index in [1.807, 2.05) is 0 Å². The van der Waals surface area contributed by atoms with Crippen molar-refractivity contribution >= 4 is 5.91 Å². The zero-order chi connectivity index (χ0) is 17.6. The third-order valence-corrected chi connectivity index (χ3v) is 5.85. The molecule has 1 N–H and O–H groups in total. The van der Waals surface area contributed by atoms with Crippen molar-refractivity contribution in [3.05, 3.63) is 0 Å². The van der Waals surface area contributed by atoms with Crippen LogP contribution in [0.4, 0.5) is 0 Å². The quantitative estimate of drug-likeness (QED) is 0.762. The molecule has 3 atom stereocenters. The van der Waals surface area contributed by atoms with E-state index in [2.05, 4.69) is 29.0 Å². The van der Waals surface area contributed by atoms with Crippen molar-refractivity contribution in [1.82, 2.24) is 15.1 Å². The second-order valence-corrected chi connectivity index (χ2v) is 8.80. The van der Waals surface area contributed by atoms with Crippen LogP contribution in [0.3, 0.4) is 0 Å². The van der Waals surface area contributed by atoms with Crippen LogP contribution in [0.15, 0.2) is 0 Å². The highest BCUT2D eigenvalue weighted by Crippen LogP contribution is 2.25. The smallest absolute Gasteiger partial charge is 0.224 e. The molecule has 25 heavy (non-hydrogen) atoms. The van der Waals surface area contributed by atoms with E-state index >= 15 is 0 Å². The first-order valence-electron chi connectivity index (χ1n) is 10.4. The van der Waals surface area contributed by atoms with Crippen molar-refractivity contribution in [1.29, 1.82) is 0 Å². The Balaban J connectivity index is 1.52. The first-order chi connectivity index (χ1) is 12.1. The van der Waals surface area contributed by atoms with Crippen molar-refractivity contribution < 1.29 is 9.53 Å². The molecule has 0 aliphatic carbocycles. The van der Waals surface area contributed by atoms with Gasteiger partial charge in [-0.05, 0) is 57.0 Å². The number of amides is 1. The Bertz CT molecular complexity index is 417. The summed E-state index contributed by atoms with van der Waals surface area (Å²) < 4.78 is 5.64. The van der Waals surface area contributed by atoms with Crippen molar-refractivity contribution in [2.75, 3.05) is 52.4 Å². The van der Waals surface area contributed by atoms with Gasteiger partial charge in [0.1, 0.15) is 0 Å². The number of rotatable bonds is 7. The van der Waals surface area contributed by atoms with Gasteiger partial charge in [0.05, 0.1) is 12.0 Å². The summed E-state index contributed by atoms with van der Waals surface area (Å²) in [6.45, 7) is 12.9. The number of carbonyl (C=O) groups is 1. The molecule has 0 aromatic heterocycles. The van der Waals surface area contributed by atoms with Gasteiger partial charge >= 0.3 is 0 Å². The van der Waals surface area contributed by atoms with Gasteiger partial charge in [0.2, 0.25) is 5.91 Å². The predicted molar refractivity (Wildman–Crippen MR) is 101 cm³/mol. The van der Waals surface area contributed by atoms with Crippen LogP contribution < -0.4 is 5.32 Å². The van der Waals surface area contributed by atoms with Gasteiger partial charge in [-0.3, -0.25) is 4.79 Å². The van der Waals surface area contributed by atoms with Crippen molar-refractivity contribution in [2.24, 2.45) is 17.8 Å². The average molecular weight is 352 g/mol. The van der Waals surface area contributed by atoms with E-state index in [4.69, 9.17) is 4.74 Å². The molecule has 1 amide bonds. The first kappa shape index (κ1) is 19.1. The number of piperidine rings is 1. The summed E-state index contributed by atoms with van der Waals surface area (Å²) in [5, 5.41) is 3.18. The van der Waals surface area contributed by atoms with Gasteiger partial charge in [0, 0.05) is 39.3 Å². The number of carbonyl (C=O) groups excluding carboxylic acids is 1. The molecule has 0 spiro atoms. The zero-order valence-electron chi connectivity index (χ0n) is 16.2. The fourth-order valence-electron chi connectivity index (χ4n) is 4.78. The Morgan fingerprint density at radius 2 is 1.96 bits per heavy atom. The minimum Gasteiger partial charge on any atom is -0.376 e. The standard InChI is InChI=1S/C20H37N3O2/c1-16(2)12-23-14-17(13-22-7-3-4-8-22)10-18(15-23)20(24)21-11-19-6-5-9-25-19/h16-19H,3-15H2,1-2H3,(H,21,24)/t17-,18-,19+/m1/s1. The predicted octanol–water partition coefficient (Wildman–Crippen LogP) is 1.97. The summed E-state index contributed by atoms with van der Waals surface area (Å²) in [7, 11) is 0.